The van der Waals surface area contributed by atoms with Crippen LogP contribution in [0.15, 0.2) is 6.07 Å². The van der Waals surface area contributed by atoms with E-state index in [9.17, 15) is 9.59 Å². The second-order valence-electron chi connectivity index (χ2n) is 3.78. The minimum absolute atomic E-state index is 0.187. The second kappa shape index (κ2) is 7.59. The summed E-state index contributed by atoms with van der Waals surface area (Å²) in [5.41, 5.74) is 0.415. The third-order valence-electron chi connectivity index (χ3n) is 2.38. The summed E-state index contributed by atoms with van der Waals surface area (Å²) in [4.78, 5) is 24.5. The molecule has 0 atom stereocenters. The van der Waals surface area contributed by atoms with E-state index in [-0.39, 0.29) is 12.3 Å². The predicted molar refractivity (Wildman–Crippen MR) is 76.4 cm³/mol. The van der Waals surface area contributed by atoms with Crippen LogP contribution in [0.5, 0.6) is 0 Å². The highest BCUT2D eigenvalue weighted by Crippen LogP contribution is 2.29. The van der Waals surface area contributed by atoms with Crippen molar-refractivity contribution in [3.63, 3.8) is 0 Å². The molecular weight excluding hydrogens is 262 g/mol. The van der Waals surface area contributed by atoms with E-state index in [1.165, 1.54) is 11.3 Å². The van der Waals surface area contributed by atoms with E-state index in [4.69, 9.17) is 11.2 Å². The SMILES string of the molecule is C#CCCC(=O)Nc1sc(CC)cc1C(=O)OCC. The summed E-state index contributed by atoms with van der Waals surface area (Å²) in [6, 6.07) is 1.76. The molecule has 1 heterocycles. The smallest absolute Gasteiger partial charge is 0.341 e. The molecule has 0 saturated heterocycles. The Hall–Kier alpha value is -1.80. The van der Waals surface area contributed by atoms with E-state index in [2.05, 4.69) is 11.2 Å². The van der Waals surface area contributed by atoms with Crippen LogP contribution in [0.2, 0.25) is 0 Å². The third kappa shape index (κ3) is 4.42. The maximum atomic E-state index is 11.8. The average molecular weight is 279 g/mol. The van der Waals surface area contributed by atoms with Gasteiger partial charge in [0.1, 0.15) is 5.00 Å². The molecule has 0 aliphatic rings. The topological polar surface area (TPSA) is 55.4 Å². The zero-order valence-corrected chi connectivity index (χ0v) is 11.9. The van der Waals surface area contributed by atoms with Crippen LogP contribution in [0.1, 0.15) is 41.9 Å². The maximum Gasteiger partial charge on any atom is 0.341 e. The van der Waals surface area contributed by atoms with Crippen molar-refractivity contribution in [3.05, 3.63) is 16.5 Å². The second-order valence-corrected chi connectivity index (χ2v) is 4.92. The lowest BCUT2D eigenvalue weighted by Gasteiger charge is -2.04. The third-order valence-corrected chi connectivity index (χ3v) is 3.57. The van der Waals surface area contributed by atoms with E-state index in [0.717, 1.165) is 11.3 Å². The molecule has 1 aromatic heterocycles. The van der Waals surface area contributed by atoms with Crippen LogP contribution in [0, 0.1) is 12.3 Å². The number of hydrogen-bond acceptors (Lipinski definition) is 4. The molecule has 0 aliphatic heterocycles. The van der Waals surface area contributed by atoms with Gasteiger partial charge >= 0.3 is 5.97 Å². The number of amides is 1. The monoisotopic (exact) mass is 279 g/mol. The minimum Gasteiger partial charge on any atom is -0.462 e. The van der Waals surface area contributed by atoms with Gasteiger partial charge < -0.3 is 10.1 Å². The van der Waals surface area contributed by atoms with Crippen LogP contribution in [-0.2, 0) is 16.0 Å². The van der Waals surface area contributed by atoms with Crippen LogP contribution in [0.4, 0.5) is 5.00 Å². The first-order valence-electron chi connectivity index (χ1n) is 6.15. The Morgan fingerprint density at radius 1 is 1.47 bits per heavy atom. The van der Waals surface area contributed by atoms with Crippen LogP contribution in [0.25, 0.3) is 0 Å². The van der Waals surface area contributed by atoms with Gasteiger partial charge in [0, 0.05) is 17.7 Å². The molecular formula is C14H17NO3S. The first-order valence-corrected chi connectivity index (χ1v) is 6.97. The first kappa shape index (κ1) is 15.3. The molecule has 1 N–H and O–H groups in total. The van der Waals surface area contributed by atoms with Crippen LogP contribution < -0.4 is 5.32 Å². The van der Waals surface area contributed by atoms with Crippen molar-refractivity contribution in [2.24, 2.45) is 0 Å². The van der Waals surface area contributed by atoms with Gasteiger partial charge in [0.2, 0.25) is 5.91 Å². The van der Waals surface area contributed by atoms with Crippen molar-refractivity contribution in [1.29, 1.82) is 0 Å². The van der Waals surface area contributed by atoms with Gasteiger partial charge in [0.15, 0.2) is 0 Å². The summed E-state index contributed by atoms with van der Waals surface area (Å²) in [6.07, 6.45) is 6.54. The lowest BCUT2D eigenvalue weighted by molar-refractivity contribution is -0.116. The van der Waals surface area contributed by atoms with E-state index >= 15 is 0 Å². The largest absolute Gasteiger partial charge is 0.462 e. The number of hydrogen-bond donors (Lipinski definition) is 1. The Morgan fingerprint density at radius 2 is 2.21 bits per heavy atom. The molecule has 19 heavy (non-hydrogen) atoms. The normalized spacial score (nSPS) is 9.74. The Labute approximate surface area is 117 Å². The molecule has 1 rings (SSSR count). The molecule has 0 spiro atoms. The quantitative estimate of drug-likeness (QED) is 0.643. The average Bonchev–Trinajstić information content (AvgIpc) is 2.79. The molecule has 5 heteroatoms. The van der Waals surface area contributed by atoms with Crippen molar-refractivity contribution in [2.75, 3.05) is 11.9 Å². The lowest BCUT2D eigenvalue weighted by Crippen LogP contribution is -2.13. The van der Waals surface area contributed by atoms with E-state index in [1.807, 2.05) is 6.92 Å². The summed E-state index contributed by atoms with van der Waals surface area (Å²) in [5.74, 6) is 1.81. The number of rotatable bonds is 6. The Bertz CT molecular complexity index is 499. The van der Waals surface area contributed by atoms with Gasteiger partial charge in [-0.25, -0.2) is 4.79 Å². The molecule has 0 fully saturated rings. The molecule has 1 aromatic rings. The Balaban J connectivity index is 2.86. The number of nitrogens with one attached hydrogen (secondary N) is 1. The predicted octanol–water partition coefficient (Wildman–Crippen LogP) is 2.84. The maximum absolute atomic E-state index is 11.8. The molecule has 4 nitrogen and oxygen atoms in total. The zero-order chi connectivity index (χ0) is 14.3. The number of aryl methyl sites for hydroxylation is 1. The number of carbonyl (C=O) groups excluding carboxylic acids is 2. The molecule has 1 amide bonds. The fourth-order valence-electron chi connectivity index (χ4n) is 1.44. The van der Waals surface area contributed by atoms with Crippen molar-refractivity contribution < 1.29 is 14.3 Å². The molecule has 0 unspecified atom stereocenters. The summed E-state index contributed by atoms with van der Waals surface area (Å²) >= 11 is 1.39. The van der Waals surface area contributed by atoms with E-state index in [0.29, 0.717) is 23.6 Å². The van der Waals surface area contributed by atoms with Gasteiger partial charge in [-0.1, -0.05) is 6.92 Å². The van der Waals surface area contributed by atoms with Crippen LogP contribution in [-0.4, -0.2) is 18.5 Å². The summed E-state index contributed by atoms with van der Waals surface area (Å²) in [5, 5.41) is 3.26. The van der Waals surface area contributed by atoms with Crippen molar-refractivity contribution in [3.8, 4) is 12.3 Å². The molecule has 0 aliphatic carbocycles. The number of esters is 1. The number of anilines is 1. The number of terminal acetylenes is 1. The van der Waals surface area contributed by atoms with Gasteiger partial charge in [-0.15, -0.1) is 23.7 Å². The molecule has 0 bridgehead atoms. The van der Waals surface area contributed by atoms with E-state index < -0.39 is 5.97 Å². The summed E-state index contributed by atoms with van der Waals surface area (Å²) < 4.78 is 4.97. The Kier molecular flexibility index (Phi) is 6.10. The standard InChI is InChI=1S/C14H17NO3S/c1-4-7-8-12(16)15-13-11(14(17)18-6-3)9-10(5-2)19-13/h1,9H,5-8H2,2-3H3,(H,15,16). The van der Waals surface area contributed by atoms with Crippen LogP contribution >= 0.6 is 11.3 Å². The lowest BCUT2D eigenvalue weighted by atomic mass is 10.2. The highest BCUT2D eigenvalue weighted by Gasteiger charge is 2.18. The number of thiophene rings is 1. The van der Waals surface area contributed by atoms with Gasteiger partial charge in [0.25, 0.3) is 0 Å². The highest BCUT2D eigenvalue weighted by atomic mass is 32.1. The first-order chi connectivity index (χ1) is 9.12. The van der Waals surface area contributed by atoms with Gasteiger partial charge in [-0.3, -0.25) is 4.79 Å². The van der Waals surface area contributed by atoms with Gasteiger partial charge in [-0.05, 0) is 19.4 Å². The summed E-state index contributed by atoms with van der Waals surface area (Å²) in [6.45, 7) is 4.04. The van der Waals surface area contributed by atoms with E-state index in [1.54, 1.807) is 13.0 Å². The van der Waals surface area contributed by atoms with Crippen LogP contribution in [0.3, 0.4) is 0 Å². The number of ether oxygens (including phenoxy) is 1. The highest BCUT2D eigenvalue weighted by molar-refractivity contribution is 7.16. The van der Waals surface area contributed by atoms with Gasteiger partial charge in [-0.2, -0.15) is 0 Å². The molecule has 0 aromatic carbocycles. The number of carbonyl (C=O) groups is 2. The molecule has 0 radical (unpaired) electrons. The fraction of sp³-hybridized carbons (Fsp3) is 0.429. The van der Waals surface area contributed by atoms with Crippen molar-refractivity contribution >= 4 is 28.2 Å². The minimum atomic E-state index is -0.411. The van der Waals surface area contributed by atoms with Crippen molar-refractivity contribution in [1.82, 2.24) is 0 Å². The fourth-order valence-corrected chi connectivity index (χ4v) is 2.44. The summed E-state index contributed by atoms with van der Waals surface area (Å²) in [7, 11) is 0. The molecule has 0 saturated carbocycles. The Morgan fingerprint density at radius 3 is 2.79 bits per heavy atom. The zero-order valence-electron chi connectivity index (χ0n) is 11.1. The van der Waals surface area contributed by atoms with Crippen molar-refractivity contribution in [2.45, 2.75) is 33.1 Å². The van der Waals surface area contributed by atoms with Gasteiger partial charge in [0.05, 0.1) is 12.2 Å². The molecule has 102 valence electrons.